The van der Waals surface area contributed by atoms with E-state index >= 15 is 0 Å². The molecular formula is C13H22O2. The van der Waals surface area contributed by atoms with Crippen molar-refractivity contribution in [2.75, 3.05) is 13.2 Å². The zero-order valence-corrected chi connectivity index (χ0v) is 10.2. The van der Waals surface area contributed by atoms with Crippen LogP contribution in [0.25, 0.3) is 0 Å². The Morgan fingerprint density at radius 3 is 2.73 bits per heavy atom. The lowest BCUT2D eigenvalue weighted by molar-refractivity contribution is -0.157. The number of fused-ring (bicyclic) bond motifs is 2. The molecule has 2 aliphatic rings. The van der Waals surface area contributed by atoms with E-state index in [0.717, 1.165) is 0 Å². The number of rotatable bonds is 1. The van der Waals surface area contributed by atoms with Crippen molar-refractivity contribution >= 4 is 0 Å². The SMILES string of the molecule is CC1=C[C@H](C)[C@@]2(CO)CO[C@@H](C)[C@@H]1[C@H]2C. The van der Waals surface area contributed by atoms with Crippen LogP contribution < -0.4 is 0 Å². The van der Waals surface area contributed by atoms with Gasteiger partial charge in [0.15, 0.2) is 0 Å². The molecule has 86 valence electrons. The van der Waals surface area contributed by atoms with Crippen molar-refractivity contribution in [3.63, 3.8) is 0 Å². The molecular weight excluding hydrogens is 188 g/mol. The van der Waals surface area contributed by atoms with Gasteiger partial charge in [-0.3, -0.25) is 0 Å². The second-order valence-corrected chi connectivity index (χ2v) is 5.42. The van der Waals surface area contributed by atoms with E-state index in [9.17, 15) is 5.11 Å². The highest BCUT2D eigenvalue weighted by atomic mass is 16.5. The van der Waals surface area contributed by atoms with Crippen LogP contribution in [0.3, 0.4) is 0 Å². The van der Waals surface area contributed by atoms with Gasteiger partial charge >= 0.3 is 0 Å². The molecule has 1 fully saturated rings. The maximum absolute atomic E-state index is 9.70. The standard InChI is InChI=1S/C13H22O2/c1-8-5-9(2)13(6-14)7-15-11(4)12(8)10(13)3/h5,9-12,14H,6-7H2,1-4H3/t9-,10+,11-,12-,13+/m0/s1. The number of aliphatic hydroxyl groups is 1. The molecule has 0 radical (unpaired) electrons. The maximum atomic E-state index is 9.70. The van der Waals surface area contributed by atoms with Gasteiger partial charge in [-0.05, 0) is 25.7 Å². The van der Waals surface area contributed by atoms with Crippen molar-refractivity contribution < 1.29 is 9.84 Å². The van der Waals surface area contributed by atoms with Crippen LogP contribution in [-0.4, -0.2) is 24.4 Å². The molecule has 15 heavy (non-hydrogen) atoms. The molecule has 0 aromatic carbocycles. The number of aliphatic hydroxyl groups excluding tert-OH is 1. The zero-order chi connectivity index (χ0) is 11.2. The lowest BCUT2D eigenvalue weighted by atomic mass is 9.56. The fourth-order valence-corrected chi connectivity index (χ4v) is 3.60. The van der Waals surface area contributed by atoms with Crippen molar-refractivity contribution in [1.29, 1.82) is 0 Å². The van der Waals surface area contributed by atoms with Gasteiger partial charge in [0.05, 0.1) is 19.3 Å². The highest BCUT2D eigenvalue weighted by Crippen LogP contribution is 2.51. The number of hydrogen-bond acceptors (Lipinski definition) is 2. The average molecular weight is 210 g/mol. The molecule has 1 saturated heterocycles. The van der Waals surface area contributed by atoms with Crippen LogP contribution in [0.1, 0.15) is 27.7 Å². The van der Waals surface area contributed by atoms with Gasteiger partial charge in [-0.1, -0.05) is 25.5 Å². The van der Waals surface area contributed by atoms with Gasteiger partial charge < -0.3 is 9.84 Å². The van der Waals surface area contributed by atoms with Crippen LogP contribution in [0, 0.1) is 23.2 Å². The molecule has 2 rings (SSSR count). The van der Waals surface area contributed by atoms with Crippen LogP contribution in [0.4, 0.5) is 0 Å². The summed E-state index contributed by atoms with van der Waals surface area (Å²) >= 11 is 0. The van der Waals surface area contributed by atoms with Crippen LogP contribution in [0.5, 0.6) is 0 Å². The van der Waals surface area contributed by atoms with E-state index in [2.05, 4.69) is 33.8 Å². The van der Waals surface area contributed by atoms with Crippen molar-refractivity contribution in [2.45, 2.75) is 33.8 Å². The molecule has 2 bridgehead atoms. The first kappa shape index (κ1) is 11.2. The molecule has 1 heterocycles. The van der Waals surface area contributed by atoms with Crippen LogP contribution in [0.15, 0.2) is 11.6 Å². The van der Waals surface area contributed by atoms with Crippen LogP contribution in [0.2, 0.25) is 0 Å². The Kier molecular flexibility index (Phi) is 2.68. The summed E-state index contributed by atoms with van der Waals surface area (Å²) in [6.07, 6.45) is 2.63. The first-order valence-corrected chi connectivity index (χ1v) is 5.93. The second-order valence-electron chi connectivity index (χ2n) is 5.42. The summed E-state index contributed by atoms with van der Waals surface area (Å²) in [6, 6.07) is 0. The van der Waals surface area contributed by atoms with Crippen molar-refractivity contribution in [1.82, 2.24) is 0 Å². The summed E-state index contributed by atoms with van der Waals surface area (Å²) in [5.41, 5.74) is 1.39. The molecule has 0 spiro atoms. The Balaban J connectivity index is 2.43. The molecule has 0 aromatic heterocycles. The molecule has 0 amide bonds. The molecule has 2 heteroatoms. The third-order valence-corrected chi connectivity index (χ3v) is 4.81. The second kappa shape index (κ2) is 3.60. The van der Waals surface area contributed by atoms with Gasteiger partial charge in [-0.2, -0.15) is 0 Å². The average Bonchev–Trinajstić information content (AvgIpc) is 2.17. The third kappa shape index (κ3) is 1.38. The normalized spacial score (nSPS) is 50.1. The van der Waals surface area contributed by atoms with E-state index in [1.165, 1.54) is 5.57 Å². The van der Waals surface area contributed by atoms with Gasteiger partial charge in [0.1, 0.15) is 0 Å². The monoisotopic (exact) mass is 210 g/mol. The molecule has 1 aliphatic carbocycles. The number of allylic oxidation sites excluding steroid dienone is 1. The van der Waals surface area contributed by atoms with E-state index in [4.69, 9.17) is 4.74 Å². The van der Waals surface area contributed by atoms with Gasteiger partial charge in [-0.15, -0.1) is 0 Å². The highest BCUT2D eigenvalue weighted by Gasteiger charge is 2.51. The minimum Gasteiger partial charge on any atom is -0.396 e. The van der Waals surface area contributed by atoms with Gasteiger partial charge in [0, 0.05) is 11.3 Å². The highest BCUT2D eigenvalue weighted by molar-refractivity contribution is 5.20. The van der Waals surface area contributed by atoms with E-state index in [-0.39, 0.29) is 12.0 Å². The van der Waals surface area contributed by atoms with E-state index in [0.29, 0.717) is 30.5 Å². The molecule has 0 aromatic rings. The minimum atomic E-state index is -0.0450. The quantitative estimate of drug-likeness (QED) is 0.673. The molecule has 0 saturated carbocycles. The smallest absolute Gasteiger partial charge is 0.0615 e. The van der Waals surface area contributed by atoms with Gasteiger partial charge in [-0.25, -0.2) is 0 Å². The van der Waals surface area contributed by atoms with Crippen molar-refractivity contribution in [2.24, 2.45) is 23.2 Å². The zero-order valence-electron chi connectivity index (χ0n) is 10.2. The van der Waals surface area contributed by atoms with E-state index in [1.807, 2.05) is 0 Å². The summed E-state index contributed by atoms with van der Waals surface area (Å²) in [7, 11) is 0. The summed E-state index contributed by atoms with van der Waals surface area (Å²) in [5.74, 6) is 1.43. The van der Waals surface area contributed by atoms with Crippen molar-refractivity contribution in [3.8, 4) is 0 Å². The summed E-state index contributed by atoms with van der Waals surface area (Å²) in [4.78, 5) is 0. The first-order valence-electron chi connectivity index (χ1n) is 5.93. The summed E-state index contributed by atoms with van der Waals surface area (Å²) in [6.45, 7) is 9.76. The topological polar surface area (TPSA) is 29.5 Å². The number of ether oxygens (including phenoxy) is 1. The molecule has 5 atom stereocenters. The molecule has 1 aliphatic heterocycles. The Bertz CT molecular complexity index is 284. The van der Waals surface area contributed by atoms with Crippen LogP contribution >= 0.6 is 0 Å². The fraction of sp³-hybridized carbons (Fsp3) is 0.846. The van der Waals surface area contributed by atoms with E-state index in [1.54, 1.807) is 0 Å². The van der Waals surface area contributed by atoms with Crippen LogP contribution in [-0.2, 0) is 4.74 Å². The third-order valence-electron chi connectivity index (χ3n) is 4.81. The molecule has 0 unspecified atom stereocenters. The minimum absolute atomic E-state index is 0.0450. The largest absolute Gasteiger partial charge is 0.396 e. The Morgan fingerprint density at radius 1 is 1.47 bits per heavy atom. The van der Waals surface area contributed by atoms with Gasteiger partial charge in [0.25, 0.3) is 0 Å². The van der Waals surface area contributed by atoms with Crippen molar-refractivity contribution in [3.05, 3.63) is 11.6 Å². The summed E-state index contributed by atoms with van der Waals surface area (Å²) < 4.78 is 5.85. The Hall–Kier alpha value is -0.340. The van der Waals surface area contributed by atoms with Gasteiger partial charge in [0.2, 0.25) is 0 Å². The van der Waals surface area contributed by atoms with E-state index < -0.39 is 0 Å². The maximum Gasteiger partial charge on any atom is 0.0615 e. The summed E-state index contributed by atoms with van der Waals surface area (Å²) in [5, 5.41) is 9.70. The lowest BCUT2D eigenvalue weighted by Crippen LogP contribution is -2.55. The molecule has 2 nitrogen and oxygen atoms in total. The first-order chi connectivity index (χ1) is 7.03. The number of hydrogen-bond donors (Lipinski definition) is 1. The fourth-order valence-electron chi connectivity index (χ4n) is 3.60. The Labute approximate surface area is 92.3 Å². The predicted molar refractivity (Wildman–Crippen MR) is 60.5 cm³/mol. The lowest BCUT2D eigenvalue weighted by Gasteiger charge is -2.54. The Morgan fingerprint density at radius 2 is 2.13 bits per heavy atom. The molecule has 1 N–H and O–H groups in total. The predicted octanol–water partition coefficient (Wildman–Crippen LogP) is 2.23.